The van der Waals surface area contributed by atoms with Crippen LogP contribution < -0.4 is 9.47 Å². The third kappa shape index (κ3) is 6.15. The molecule has 7 heteroatoms. The average Bonchev–Trinajstić information content (AvgIpc) is 3.20. The first-order valence-corrected chi connectivity index (χ1v) is 11.1. The molecular formula is C28H23F3O4. The predicted octanol–water partition coefficient (Wildman–Crippen LogP) is 6.90. The van der Waals surface area contributed by atoms with Crippen molar-refractivity contribution in [1.82, 2.24) is 0 Å². The molecular weight excluding hydrogens is 457 g/mol. The van der Waals surface area contributed by atoms with E-state index in [1.165, 1.54) is 18.2 Å². The fourth-order valence-electron chi connectivity index (χ4n) is 4.30. The summed E-state index contributed by atoms with van der Waals surface area (Å²) in [4.78, 5) is 11.1. The molecule has 0 saturated heterocycles. The molecule has 2 unspecified atom stereocenters. The molecule has 1 aliphatic rings. The van der Waals surface area contributed by atoms with E-state index in [0.717, 1.165) is 35.1 Å². The number of hydrogen-bond donors (Lipinski definition) is 1. The van der Waals surface area contributed by atoms with Gasteiger partial charge < -0.3 is 14.6 Å². The summed E-state index contributed by atoms with van der Waals surface area (Å²) < 4.78 is 47.9. The molecule has 35 heavy (non-hydrogen) atoms. The molecule has 0 aliphatic heterocycles. The predicted molar refractivity (Wildman–Crippen MR) is 125 cm³/mol. The lowest BCUT2D eigenvalue weighted by Gasteiger charge is -2.16. The molecule has 3 aromatic rings. The van der Waals surface area contributed by atoms with Gasteiger partial charge in [-0.25, -0.2) is 0 Å². The van der Waals surface area contributed by atoms with Crippen LogP contribution in [-0.4, -0.2) is 17.4 Å². The van der Waals surface area contributed by atoms with E-state index in [9.17, 15) is 18.0 Å². The Balaban J connectivity index is 1.48. The number of benzene rings is 3. The van der Waals surface area contributed by atoms with Crippen LogP contribution in [0.4, 0.5) is 13.2 Å². The van der Waals surface area contributed by atoms with E-state index in [-0.39, 0.29) is 24.2 Å². The lowest BCUT2D eigenvalue weighted by Crippen LogP contribution is -2.17. The number of carbonyl (C=O) groups is 1. The first-order chi connectivity index (χ1) is 16.7. The summed E-state index contributed by atoms with van der Waals surface area (Å²) in [5.74, 6) is 4.86. The van der Waals surface area contributed by atoms with Crippen molar-refractivity contribution in [1.29, 1.82) is 0 Å². The lowest BCUT2D eigenvalue weighted by molar-refractivity contribution is -0.274. The highest BCUT2D eigenvalue weighted by Crippen LogP contribution is 2.38. The number of fused-ring (bicyclic) bond motifs is 1. The van der Waals surface area contributed by atoms with Crippen LogP contribution in [0.5, 0.6) is 11.5 Å². The molecule has 180 valence electrons. The quantitative estimate of drug-likeness (QED) is 0.374. The second-order valence-corrected chi connectivity index (χ2v) is 8.25. The number of carboxylic acids is 1. The molecule has 2 atom stereocenters. The molecule has 3 aromatic carbocycles. The van der Waals surface area contributed by atoms with Crippen molar-refractivity contribution in [3.8, 4) is 34.5 Å². The number of hydrogen-bond acceptors (Lipinski definition) is 3. The number of aryl methyl sites for hydroxylation is 1. The van der Waals surface area contributed by atoms with Gasteiger partial charge in [0.25, 0.3) is 0 Å². The first kappa shape index (κ1) is 24.2. The highest BCUT2D eigenvalue weighted by molar-refractivity contribution is 5.69. The molecule has 0 saturated carbocycles. The van der Waals surface area contributed by atoms with Crippen LogP contribution in [0.25, 0.3) is 11.1 Å². The molecule has 0 aromatic heterocycles. The van der Waals surface area contributed by atoms with Gasteiger partial charge in [0, 0.05) is 0 Å². The number of halogens is 3. The van der Waals surface area contributed by atoms with Crippen molar-refractivity contribution >= 4 is 5.97 Å². The van der Waals surface area contributed by atoms with E-state index in [1.54, 1.807) is 13.0 Å². The van der Waals surface area contributed by atoms with Gasteiger partial charge >= 0.3 is 12.3 Å². The lowest BCUT2D eigenvalue weighted by atomic mass is 9.96. The van der Waals surface area contributed by atoms with E-state index >= 15 is 0 Å². The highest BCUT2D eigenvalue weighted by Gasteiger charge is 2.31. The normalized spacial score (nSPS) is 15.5. The summed E-state index contributed by atoms with van der Waals surface area (Å²) in [6.07, 6.45) is -3.38. The second kappa shape index (κ2) is 10.1. The van der Waals surface area contributed by atoms with Crippen LogP contribution in [0.2, 0.25) is 0 Å². The molecule has 0 heterocycles. The van der Waals surface area contributed by atoms with Gasteiger partial charge in [-0.1, -0.05) is 48.4 Å². The maximum Gasteiger partial charge on any atom is 0.573 e. The topological polar surface area (TPSA) is 55.8 Å². The molecule has 4 rings (SSSR count). The van der Waals surface area contributed by atoms with E-state index in [1.807, 2.05) is 42.5 Å². The van der Waals surface area contributed by atoms with E-state index in [0.29, 0.717) is 11.3 Å². The van der Waals surface area contributed by atoms with Crippen molar-refractivity contribution in [2.75, 3.05) is 0 Å². The van der Waals surface area contributed by atoms with Gasteiger partial charge in [-0.15, -0.1) is 19.1 Å². The van der Waals surface area contributed by atoms with Crippen molar-refractivity contribution < 1.29 is 32.5 Å². The Kier molecular flexibility index (Phi) is 7.02. The summed E-state index contributed by atoms with van der Waals surface area (Å²) in [6.45, 7) is 1.68. The Bertz CT molecular complexity index is 1270. The van der Waals surface area contributed by atoms with Crippen molar-refractivity contribution in [3.63, 3.8) is 0 Å². The summed E-state index contributed by atoms with van der Waals surface area (Å²) in [5, 5.41) is 9.12. The maximum atomic E-state index is 12.6. The number of carboxylic acid groups (broad SMARTS) is 1. The first-order valence-electron chi connectivity index (χ1n) is 11.1. The van der Waals surface area contributed by atoms with Gasteiger partial charge in [-0.3, -0.25) is 4.79 Å². The van der Waals surface area contributed by atoms with Crippen LogP contribution in [0.3, 0.4) is 0 Å². The monoisotopic (exact) mass is 480 g/mol. The Labute approximate surface area is 201 Å². The molecule has 0 radical (unpaired) electrons. The van der Waals surface area contributed by atoms with E-state index in [2.05, 4.69) is 16.6 Å². The van der Waals surface area contributed by atoms with Crippen molar-refractivity contribution in [3.05, 3.63) is 83.4 Å². The molecule has 4 nitrogen and oxygen atoms in total. The smallest absolute Gasteiger partial charge is 0.486 e. The summed E-state index contributed by atoms with van der Waals surface area (Å²) in [5.41, 5.74) is 4.40. The standard InChI is InChI=1S/C28H23F3O4/c1-2-4-19(17-27(32)33)18-7-11-23(12-8-18)34-26-14-10-22-15-21(9-13-25(22)26)20-5-3-6-24(16-20)35-28(29,30)31/h3,5-9,11-13,15-16,19,26H,10,14,17H2,1H3,(H,32,33). The summed E-state index contributed by atoms with van der Waals surface area (Å²) in [7, 11) is 0. The number of rotatable bonds is 7. The Morgan fingerprint density at radius 2 is 1.80 bits per heavy atom. The molecule has 0 bridgehead atoms. The largest absolute Gasteiger partial charge is 0.573 e. The fourth-order valence-corrected chi connectivity index (χ4v) is 4.30. The zero-order valence-corrected chi connectivity index (χ0v) is 18.9. The van der Waals surface area contributed by atoms with Gasteiger partial charge in [0.2, 0.25) is 0 Å². The van der Waals surface area contributed by atoms with E-state index < -0.39 is 12.3 Å². The van der Waals surface area contributed by atoms with Crippen molar-refractivity contribution in [2.45, 2.75) is 44.6 Å². The average molecular weight is 480 g/mol. The van der Waals surface area contributed by atoms with Gasteiger partial charge in [0.15, 0.2) is 0 Å². The van der Waals surface area contributed by atoms with Crippen LogP contribution in [0.15, 0.2) is 66.7 Å². The third-order valence-electron chi connectivity index (χ3n) is 5.82. The Morgan fingerprint density at radius 3 is 2.49 bits per heavy atom. The maximum absolute atomic E-state index is 12.6. The summed E-state index contributed by atoms with van der Waals surface area (Å²) in [6, 6.07) is 19.0. The number of aliphatic carboxylic acids is 1. The fraction of sp³-hybridized carbons (Fsp3) is 0.250. The third-order valence-corrected chi connectivity index (χ3v) is 5.82. The molecule has 0 spiro atoms. The molecule has 0 amide bonds. The molecule has 0 fully saturated rings. The minimum atomic E-state index is -4.74. The van der Waals surface area contributed by atoms with Gasteiger partial charge in [0.1, 0.15) is 17.6 Å². The minimum absolute atomic E-state index is 0.0649. The van der Waals surface area contributed by atoms with Gasteiger partial charge in [-0.05, 0) is 71.8 Å². The molecule has 1 aliphatic carbocycles. The highest BCUT2D eigenvalue weighted by atomic mass is 19.4. The zero-order valence-electron chi connectivity index (χ0n) is 18.9. The van der Waals surface area contributed by atoms with Crippen LogP contribution >= 0.6 is 0 Å². The Hall–Kier alpha value is -3.92. The van der Waals surface area contributed by atoms with Gasteiger partial charge in [-0.2, -0.15) is 0 Å². The van der Waals surface area contributed by atoms with Crippen LogP contribution in [0, 0.1) is 11.8 Å². The van der Waals surface area contributed by atoms with Crippen molar-refractivity contribution in [2.24, 2.45) is 0 Å². The van der Waals surface area contributed by atoms with Crippen LogP contribution in [-0.2, 0) is 11.2 Å². The number of ether oxygens (including phenoxy) is 2. The van der Waals surface area contributed by atoms with Crippen LogP contribution in [0.1, 0.15) is 48.5 Å². The van der Waals surface area contributed by atoms with Gasteiger partial charge in [0.05, 0.1) is 12.3 Å². The number of alkyl halides is 3. The second-order valence-electron chi connectivity index (χ2n) is 8.25. The Morgan fingerprint density at radius 1 is 1.06 bits per heavy atom. The summed E-state index contributed by atoms with van der Waals surface area (Å²) >= 11 is 0. The zero-order chi connectivity index (χ0) is 25.0. The minimum Gasteiger partial charge on any atom is -0.486 e. The van der Waals surface area contributed by atoms with E-state index in [4.69, 9.17) is 9.84 Å². The SMILES string of the molecule is CC#CC(CC(=O)O)c1ccc(OC2CCc3cc(-c4cccc(OC(F)(F)F)c4)ccc32)cc1. The molecule has 1 N–H and O–H groups in total.